The van der Waals surface area contributed by atoms with Crippen molar-refractivity contribution in [2.45, 2.75) is 33.0 Å². The zero-order chi connectivity index (χ0) is 14.0. The zero-order valence-electron chi connectivity index (χ0n) is 12.0. The second-order valence-corrected chi connectivity index (χ2v) is 4.69. The molecule has 0 aliphatic heterocycles. The second-order valence-electron chi connectivity index (χ2n) is 4.69. The molecule has 1 heterocycles. The van der Waals surface area contributed by atoms with E-state index < -0.39 is 0 Å². The molecular weight excluding hydrogens is 252 g/mol. The third-order valence-electron chi connectivity index (χ3n) is 2.90. The highest BCUT2D eigenvalue weighted by molar-refractivity contribution is 5.13. The SMILES string of the molecule is CCCNCc1cn(CCOCc2ccccc2)nn1. The molecule has 1 aromatic carbocycles. The summed E-state index contributed by atoms with van der Waals surface area (Å²) in [5.41, 5.74) is 2.16. The average Bonchev–Trinajstić information content (AvgIpc) is 2.93. The molecule has 5 nitrogen and oxygen atoms in total. The van der Waals surface area contributed by atoms with E-state index in [1.54, 1.807) is 0 Å². The maximum absolute atomic E-state index is 5.63. The molecule has 0 saturated carbocycles. The monoisotopic (exact) mass is 274 g/mol. The minimum absolute atomic E-state index is 0.639. The normalized spacial score (nSPS) is 10.8. The molecule has 0 atom stereocenters. The van der Waals surface area contributed by atoms with Crippen LogP contribution in [0.25, 0.3) is 0 Å². The van der Waals surface area contributed by atoms with Gasteiger partial charge in [0.05, 0.1) is 25.5 Å². The van der Waals surface area contributed by atoms with E-state index in [-0.39, 0.29) is 0 Å². The molecule has 0 unspecified atom stereocenters. The van der Waals surface area contributed by atoms with Crippen molar-refractivity contribution >= 4 is 0 Å². The van der Waals surface area contributed by atoms with Crippen LogP contribution in [0.3, 0.4) is 0 Å². The van der Waals surface area contributed by atoms with Gasteiger partial charge < -0.3 is 10.1 Å². The summed E-state index contributed by atoms with van der Waals surface area (Å²) in [6.45, 7) is 5.94. The number of hydrogen-bond donors (Lipinski definition) is 1. The van der Waals surface area contributed by atoms with E-state index in [2.05, 4.69) is 34.7 Å². The summed E-state index contributed by atoms with van der Waals surface area (Å²) in [4.78, 5) is 0. The summed E-state index contributed by atoms with van der Waals surface area (Å²) < 4.78 is 7.45. The van der Waals surface area contributed by atoms with Crippen LogP contribution in [-0.2, 0) is 24.4 Å². The highest BCUT2D eigenvalue weighted by atomic mass is 16.5. The van der Waals surface area contributed by atoms with Crippen molar-refractivity contribution in [2.75, 3.05) is 13.2 Å². The van der Waals surface area contributed by atoms with Crippen LogP contribution in [0.15, 0.2) is 36.5 Å². The van der Waals surface area contributed by atoms with E-state index >= 15 is 0 Å². The highest BCUT2D eigenvalue weighted by Crippen LogP contribution is 2.00. The van der Waals surface area contributed by atoms with E-state index in [9.17, 15) is 0 Å². The van der Waals surface area contributed by atoms with Crippen LogP contribution in [0.4, 0.5) is 0 Å². The fourth-order valence-electron chi connectivity index (χ4n) is 1.84. The first kappa shape index (κ1) is 14.7. The summed E-state index contributed by atoms with van der Waals surface area (Å²) in [7, 11) is 0. The maximum atomic E-state index is 5.63. The lowest BCUT2D eigenvalue weighted by molar-refractivity contribution is 0.110. The molecule has 108 valence electrons. The van der Waals surface area contributed by atoms with E-state index in [0.29, 0.717) is 13.2 Å². The van der Waals surface area contributed by atoms with Crippen molar-refractivity contribution in [2.24, 2.45) is 0 Å². The third-order valence-corrected chi connectivity index (χ3v) is 2.90. The standard InChI is InChI=1S/C15H22N4O/c1-2-8-16-11-15-12-19(18-17-15)9-10-20-13-14-6-4-3-5-7-14/h3-7,12,16H,2,8-11,13H2,1H3. The first-order chi connectivity index (χ1) is 9.88. The Balaban J connectivity index is 1.64. The Labute approximate surface area is 120 Å². The van der Waals surface area contributed by atoms with Gasteiger partial charge in [0.1, 0.15) is 0 Å². The van der Waals surface area contributed by atoms with Crippen molar-refractivity contribution in [1.29, 1.82) is 0 Å². The number of hydrogen-bond acceptors (Lipinski definition) is 4. The molecule has 0 bridgehead atoms. The van der Waals surface area contributed by atoms with Gasteiger partial charge in [-0.25, -0.2) is 4.68 Å². The van der Waals surface area contributed by atoms with Crippen molar-refractivity contribution in [3.8, 4) is 0 Å². The second kappa shape index (κ2) is 8.45. The Bertz CT molecular complexity index is 484. The number of nitrogens with one attached hydrogen (secondary N) is 1. The molecule has 0 fully saturated rings. The minimum Gasteiger partial charge on any atom is -0.375 e. The molecule has 1 N–H and O–H groups in total. The lowest BCUT2D eigenvalue weighted by Crippen LogP contribution is -2.14. The number of ether oxygens (including phenoxy) is 1. The third kappa shape index (κ3) is 5.11. The predicted molar refractivity (Wildman–Crippen MR) is 78.1 cm³/mol. The predicted octanol–water partition coefficient (Wildman–Crippen LogP) is 1.99. The Kier molecular flexibility index (Phi) is 6.20. The van der Waals surface area contributed by atoms with Gasteiger partial charge >= 0.3 is 0 Å². The zero-order valence-corrected chi connectivity index (χ0v) is 12.0. The lowest BCUT2D eigenvalue weighted by Gasteiger charge is -2.04. The molecule has 0 spiro atoms. The summed E-state index contributed by atoms with van der Waals surface area (Å²) >= 11 is 0. The van der Waals surface area contributed by atoms with Gasteiger partial charge in [0.15, 0.2) is 0 Å². The molecule has 0 amide bonds. The van der Waals surface area contributed by atoms with Gasteiger partial charge in [-0.05, 0) is 18.5 Å². The van der Waals surface area contributed by atoms with Gasteiger partial charge in [0, 0.05) is 12.7 Å². The van der Waals surface area contributed by atoms with Crippen LogP contribution >= 0.6 is 0 Å². The maximum Gasteiger partial charge on any atom is 0.0964 e. The largest absolute Gasteiger partial charge is 0.375 e. The summed E-state index contributed by atoms with van der Waals surface area (Å²) in [6.07, 6.45) is 3.09. The molecule has 0 aliphatic rings. The first-order valence-corrected chi connectivity index (χ1v) is 7.10. The average molecular weight is 274 g/mol. The lowest BCUT2D eigenvalue weighted by atomic mass is 10.2. The van der Waals surface area contributed by atoms with Crippen LogP contribution in [0.5, 0.6) is 0 Å². The fraction of sp³-hybridized carbons (Fsp3) is 0.467. The number of benzene rings is 1. The summed E-state index contributed by atoms with van der Waals surface area (Å²) in [5, 5.41) is 11.5. The van der Waals surface area contributed by atoms with Gasteiger partial charge in [-0.2, -0.15) is 0 Å². The van der Waals surface area contributed by atoms with E-state index in [4.69, 9.17) is 4.74 Å². The number of aromatic nitrogens is 3. The van der Waals surface area contributed by atoms with Crippen LogP contribution in [0, 0.1) is 0 Å². The van der Waals surface area contributed by atoms with Crippen LogP contribution in [-0.4, -0.2) is 28.1 Å². The van der Waals surface area contributed by atoms with Crippen molar-refractivity contribution in [3.05, 3.63) is 47.8 Å². The molecule has 20 heavy (non-hydrogen) atoms. The highest BCUT2D eigenvalue weighted by Gasteiger charge is 2.00. The molecular formula is C15H22N4O. The number of nitrogens with zero attached hydrogens (tertiary/aromatic N) is 3. The topological polar surface area (TPSA) is 52.0 Å². The Morgan fingerprint density at radius 2 is 2.10 bits per heavy atom. The fourth-order valence-corrected chi connectivity index (χ4v) is 1.84. The van der Waals surface area contributed by atoms with Gasteiger partial charge in [-0.1, -0.05) is 42.5 Å². The van der Waals surface area contributed by atoms with Gasteiger partial charge in [0.2, 0.25) is 0 Å². The van der Waals surface area contributed by atoms with Crippen molar-refractivity contribution in [1.82, 2.24) is 20.3 Å². The van der Waals surface area contributed by atoms with E-state index in [0.717, 1.165) is 31.7 Å². The molecule has 0 aliphatic carbocycles. The van der Waals surface area contributed by atoms with Gasteiger partial charge in [-0.15, -0.1) is 5.10 Å². The van der Waals surface area contributed by atoms with Crippen LogP contribution in [0.2, 0.25) is 0 Å². The first-order valence-electron chi connectivity index (χ1n) is 7.10. The molecule has 2 aromatic rings. The molecule has 0 radical (unpaired) electrons. The molecule has 1 aromatic heterocycles. The Hall–Kier alpha value is -1.72. The van der Waals surface area contributed by atoms with Gasteiger partial charge in [0.25, 0.3) is 0 Å². The molecule has 2 rings (SSSR count). The quantitative estimate of drug-likeness (QED) is 0.711. The van der Waals surface area contributed by atoms with E-state index in [1.165, 1.54) is 5.56 Å². The van der Waals surface area contributed by atoms with Crippen LogP contribution < -0.4 is 5.32 Å². The van der Waals surface area contributed by atoms with Crippen molar-refractivity contribution in [3.63, 3.8) is 0 Å². The Morgan fingerprint density at radius 1 is 1.25 bits per heavy atom. The summed E-state index contributed by atoms with van der Waals surface area (Å²) in [5.74, 6) is 0. The Morgan fingerprint density at radius 3 is 2.90 bits per heavy atom. The van der Waals surface area contributed by atoms with Gasteiger partial charge in [-0.3, -0.25) is 0 Å². The minimum atomic E-state index is 0.639. The van der Waals surface area contributed by atoms with Crippen LogP contribution in [0.1, 0.15) is 24.6 Å². The smallest absolute Gasteiger partial charge is 0.0964 e. The van der Waals surface area contributed by atoms with Crippen molar-refractivity contribution < 1.29 is 4.74 Å². The van der Waals surface area contributed by atoms with E-state index in [1.807, 2.05) is 29.1 Å². The number of rotatable bonds is 9. The molecule has 0 saturated heterocycles. The molecule has 5 heteroatoms. The summed E-state index contributed by atoms with van der Waals surface area (Å²) in [6, 6.07) is 10.2.